The predicted molar refractivity (Wildman–Crippen MR) is 87.2 cm³/mol. The van der Waals surface area contributed by atoms with Crippen LogP contribution < -0.4 is 0 Å². The molecule has 0 unspecified atom stereocenters. The first-order valence-electron chi connectivity index (χ1n) is 6.32. The lowest BCUT2D eigenvalue weighted by Gasteiger charge is -2.02. The summed E-state index contributed by atoms with van der Waals surface area (Å²) in [6.07, 6.45) is 13.4. The van der Waals surface area contributed by atoms with Gasteiger partial charge in [-0.05, 0) is 31.9 Å². The highest BCUT2D eigenvalue weighted by Crippen LogP contribution is 2.43. The molecule has 0 amide bonds. The van der Waals surface area contributed by atoms with Crippen LogP contribution in [0.2, 0.25) is 0 Å². The maximum atomic E-state index is 5.41. The quantitative estimate of drug-likeness (QED) is 0.373. The normalized spacial score (nSPS) is 11.2. The van der Waals surface area contributed by atoms with Crippen molar-refractivity contribution in [1.82, 2.24) is 0 Å². The van der Waals surface area contributed by atoms with E-state index < -0.39 is 0 Å². The van der Waals surface area contributed by atoms with Gasteiger partial charge in [0.2, 0.25) is 0 Å². The van der Waals surface area contributed by atoms with E-state index in [1.165, 1.54) is 0 Å². The van der Waals surface area contributed by atoms with Crippen molar-refractivity contribution in [2.45, 2.75) is 0 Å². The molecule has 0 saturated heterocycles. The molecule has 0 N–H and O–H groups in total. The van der Waals surface area contributed by atoms with Gasteiger partial charge in [0.15, 0.2) is 0 Å². The molecule has 4 aromatic rings. The Labute approximate surface area is 142 Å². The van der Waals surface area contributed by atoms with Gasteiger partial charge in [-0.3, -0.25) is 0 Å². The Morgan fingerprint density at radius 1 is 0.409 bits per heavy atom. The lowest BCUT2D eigenvalue weighted by molar-refractivity contribution is 0.563. The molecule has 22 heavy (non-hydrogen) atoms. The van der Waals surface area contributed by atoms with Gasteiger partial charge in [0.25, 0.3) is 0 Å². The summed E-state index contributed by atoms with van der Waals surface area (Å²) < 4.78 is 23.0. The Morgan fingerprint density at radius 2 is 0.682 bits per heavy atom. The van der Waals surface area contributed by atoms with Crippen molar-refractivity contribution in [3.05, 3.63) is 59.1 Å². The van der Waals surface area contributed by atoms with E-state index in [0.717, 1.165) is 42.3 Å². The topological polar surface area (TPSA) is 52.6 Å². The minimum absolute atomic E-state index is 0.865. The minimum Gasteiger partial charge on any atom is -0.471 e. The van der Waals surface area contributed by atoms with Gasteiger partial charge in [-0.2, -0.15) is 0 Å². The highest BCUT2D eigenvalue weighted by molar-refractivity contribution is 9.11. The molecule has 4 heterocycles. The Bertz CT molecular complexity index is 849. The van der Waals surface area contributed by atoms with Crippen LogP contribution in [-0.2, 0) is 0 Å². The second-order valence-corrected chi connectivity index (χ2v) is 6.37. The molecule has 0 aliphatic rings. The van der Waals surface area contributed by atoms with Crippen LogP contribution in [0.5, 0.6) is 0 Å². The van der Waals surface area contributed by atoms with Gasteiger partial charge in [0.1, 0.15) is 12.5 Å². The first-order chi connectivity index (χ1) is 10.8. The fourth-order valence-corrected chi connectivity index (χ4v) is 3.21. The molecular formula is C16H8Br2O4. The average molecular weight is 424 g/mol. The largest absolute Gasteiger partial charge is 0.471 e. The summed E-state index contributed by atoms with van der Waals surface area (Å²) in [5, 5.41) is 0. The Kier molecular flexibility index (Phi) is 3.35. The molecule has 0 aromatic carbocycles. The van der Waals surface area contributed by atoms with Gasteiger partial charge in [0, 0.05) is 33.4 Å². The first-order valence-corrected chi connectivity index (χ1v) is 7.91. The third-order valence-corrected chi connectivity index (χ3v) is 4.65. The van der Waals surface area contributed by atoms with E-state index >= 15 is 0 Å². The van der Waals surface area contributed by atoms with Crippen molar-refractivity contribution in [1.29, 1.82) is 0 Å². The Morgan fingerprint density at radius 3 is 1.00 bits per heavy atom. The second-order valence-electron chi connectivity index (χ2n) is 4.67. The van der Waals surface area contributed by atoms with Crippen molar-refractivity contribution in [3.8, 4) is 33.4 Å². The highest BCUT2D eigenvalue weighted by Gasteiger charge is 2.20. The first kappa shape index (κ1) is 13.7. The van der Waals surface area contributed by atoms with Crippen molar-refractivity contribution in [3.63, 3.8) is 0 Å². The van der Waals surface area contributed by atoms with Gasteiger partial charge < -0.3 is 17.7 Å². The summed E-state index contributed by atoms with van der Waals surface area (Å²) in [4.78, 5) is 0. The van der Waals surface area contributed by atoms with Crippen molar-refractivity contribution < 1.29 is 17.7 Å². The smallest absolute Gasteiger partial charge is 0.105 e. The van der Waals surface area contributed by atoms with E-state index in [1.807, 2.05) is 0 Å². The molecular weight excluding hydrogens is 416 g/mol. The van der Waals surface area contributed by atoms with E-state index in [9.17, 15) is 0 Å². The number of halogens is 2. The standard InChI is InChI=1S/C16H8Br2O4/c17-15-7-21-5-13(15)11-3-19-1-9(11)10-2-20-4-12(10)14-6-22-8-16(14)18/h1-8H. The van der Waals surface area contributed by atoms with Crippen LogP contribution >= 0.6 is 31.9 Å². The summed E-state index contributed by atoms with van der Waals surface area (Å²) in [5.74, 6) is 0. The van der Waals surface area contributed by atoms with Crippen LogP contribution in [0, 0.1) is 0 Å². The molecule has 0 fully saturated rings. The SMILES string of the molecule is Brc1cocc1-c1cocc1-c1cocc1-c1cocc1Br. The van der Waals surface area contributed by atoms with Crippen LogP contribution in [0.1, 0.15) is 0 Å². The van der Waals surface area contributed by atoms with E-state index in [2.05, 4.69) is 31.9 Å². The number of furan rings is 4. The molecule has 0 aliphatic carbocycles. The van der Waals surface area contributed by atoms with Crippen LogP contribution in [0.15, 0.2) is 76.7 Å². The predicted octanol–water partition coefficient (Wildman–Crippen LogP) is 6.58. The molecule has 4 nitrogen and oxygen atoms in total. The zero-order valence-electron chi connectivity index (χ0n) is 11.0. The number of rotatable bonds is 3. The zero-order chi connectivity index (χ0) is 15.1. The molecule has 0 radical (unpaired) electrons. The summed E-state index contributed by atoms with van der Waals surface area (Å²) >= 11 is 6.95. The van der Waals surface area contributed by atoms with Gasteiger partial charge in [-0.15, -0.1) is 0 Å². The fourth-order valence-electron chi connectivity index (χ4n) is 2.38. The van der Waals surface area contributed by atoms with Crippen LogP contribution in [-0.4, -0.2) is 0 Å². The van der Waals surface area contributed by atoms with Crippen molar-refractivity contribution in [2.75, 3.05) is 0 Å². The average Bonchev–Trinajstić information content (AvgIpc) is 3.22. The molecule has 110 valence electrons. The molecule has 6 heteroatoms. The molecule has 0 spiro atoms. The van der Waals surface area contributed by atoms with Crippen LogP contribution in [0.3, 0.4) is 0 Å². The van der Waals surface area contributed by atoms with Crippen molar-refractivity contribution in [2.24, 2.45) is 0 Å². The Balaban J connectivity index is 1.89. The summed E-state index contributed by atoms with van der Waals surface area (Å²) in [7, 11) is 0. The second kappa shape index (κ2) is 5.37. The fraction of sp³-hybridized carbons (Fsp3) is 0. The molecule has 0 atom stereocenters. The Hall–Kier alpha value is -1.92. The molecule has 0 saturated carbocycles. The van der Waals surface area contributed by atoms with E-state index in [4.69, 9.17) is 17.7 Å². The minimum atomic E-state index is 0.865. The van der Waals surface area contributed by atoms with Gasteiger partial charge in [-0.25, -0.2) is 0 Å². The maximum absolute atomic E-state index is 5.41. The monoisotopic (exact) mass is 422 g/mol. The third kappa shape index (κ3) is 2.10. The lowest BCUT2D eigenvalue weighted by atomic mass is 9.98. The van der Waals surface area contributed by atoms with Crippen molar-refractivity contribution >= 4 is 31.9 Å². The van der Waals surface area contributed by atoms with E-state index in [0.29, 0.717) is 0 Å². The summed E-state index contributed by atoms with van der Waals surface area (Å²) in [6.45, 7) is 0. The van der Waals surface area contributed by atoms with E-state index in [-0.39, 0.29) is 0 Å². The van der Waals surface area contributed by atoms with E-state index in [1.54, 1.807) is 50.1 Å². The number of hydrogen-bond acceptors (Lipinski definition) is 4. The molecule has 0 bridgehead atoms. The number of hydrogen-bond donors (Lipinski definition) is 0. The highest BCUT2D eigenvalue weighted by atomic mass is 79.9. The van der Waals surface area contributed by atoms with Crippen LogP contribution in [0.4, 0.5) is 0 Å². The maximum Gasteiger partial charge on any atom is 0.105 e. The van der Waals surface area contributed by atoms with Gasteiger partial charge in [-0.1, -0.05) is 0 Å². The molecule has 0 aliphatic heterocycles. The van der Waals surface area contributed by atoms with Crippen LogP contribution in [0.25, 0.3) is 33.4 Å². The molecule has 4 rings (SSSR count). The lowest BCUT2D eigenvalue weighted by Crippen LogP contribution is -1.80. The van der Waals surface area contributed by atoms with Gasteiger partial charge in [0.05, 0.1) is 46.5 Å². The van der Waals surface area contributed by atoms with Gasteiger partial charge >= 0.3 is 0 Å². The summed E-state index contributed by atoms with van der Waals surface area (Å²) in [6, 6.07) is 0. The third-order valence-electron chi connectivity index (χ3n) is 3.42. The molecule has 4 aromatic heterocycles. The summed E-state index contributed by atoms with van der Waals surface area (Å²) in [5.41, 5.74) is 5.51. The zero-order valence-corrected chi connectivity index (χ0v) is 14.2.